The SMILES string of the molecule is C[C@H]1CCCC2C1[C@H]1C[C@@H]2C(OC(=O)c2ccccc2)C1OC(=O)c1ccccc1. The lowest BCUT2D eigenvalue weighted by Gasteiger charge is -2.45. The number of rotatable bonds is 4. The van der Waals surface area contributed by atoms with Gasteiger partial charge in [-0.05, 0) is 54.9 Å². The molecule has 0 heterocycles. The molecule has 3 aliphatic rings. The van der Waals surface area contributed by atoms with Gasteiger partial charge in [-0.3, -0.25) is 0 Å². The van der Waals surface area contributed by atoms with Gasteiger partial charge >= 0.3 is 11.9 Å². The van der Waals surface area contributed by atoms with Gasteiger partial charge < -0.3 is 9.47 Å². The first-order chi connectivity index (χ1) is 14.6. The maximum Gasteiger partial charge on any atom is 0.338 e. The molecule has 0 amide bonds. The van der Waals surface area contributed by atoms with Gasteiger partial charge in [-0.2, -0.15) is 0 Å². The Morgan fingerprint density at radius 3 is 1.83 bits per heavy atom. The summed E-state index contributed by atoms with van der Waals surface area (Å²) in [5.74, 6) is 1.66. The van der Waals surface area contributed by atoms with E-state index in [2.05, 4.69) is 6.92 Å². The van der Waals surface area contributed by atoms with Crippen LogP contribution in [0.3, 0.4) is 0 Å². The second kappa shape index (κ2) is 7.90. The van der Waals surface area contributed by atoms with E-state index in [1.54, 1.807) is 24.3 Å². The molecule has 0 aliphatic heterocycles. The van der Waals surface area contributed by atoms with Crippen LogP contribution in [0.1, 0.15) is 53.3 Å². The van der Waals surface area contributed by atoms with E-state index in [-0.39, 0.29) is 36.0 Å². The summed E-state index contributed by atoms with van der Waals surface area (Å²) >= 11 is 0. The zero-order chi connectivity index (χ0) is 20.7. The van der Waals surface area contributed by atoms with Crippen molar-refractivity contribution in [3.63, 3.8) is 0 Å². The normalized spacial score (nSPS) is 34.2. The molecule has 4 unspecified atom stereocenters. The van der Waals surface area contributed by atoms with E-state index in [9.17, 15) is 9.59 Å². The average Bonchev–Trinajstić information content (AvgIpc) is 3.32. The van der Waals surface area contributed by atoms with Gasteiger partial charge in [0.15, 0.2) is 0 Å². The van der Waals surface area contributed by atoms with Crippen molar-refractivity contribution in [2.24, 2.45) is 29.6 Å². The summed E-state index contributed by atoms with van der Waals surface area (Å²) in [6.07, 6.45) is 3.92. The molecule has 3 fully saturated rings. The van der Waals surface area contributed by atoms with Crippen LogP contribution in [0.4, 0.5) is 0 Å². The fourth-order valence-corrected chi connectivity index (χ4v) is 6.43. The molecule has 0 radical (unpaired) electrons. The van der Waals surface area contributed by atoms with Crippen LogP contribution in [-0.4, -0.2) is 24.1 Å². The van der Waals surface area contributed by atoms with Crippen LogP contribution in [0, 0.1) is 29.6 Å². The number of hydrogen-bond donors (Lipinski definition) is 0. The number of ether oxygens (including phenoxy) is 2. The monoisotopic (exact) mass is 404 g/mol. The predicted octanol–water partition coefficient (Wildman–Crippen LogP) is 5.14. The Balaban J connectivity index is 1.41. The molecule has 4 nitrogen and oxygen atoms in total. The second-order valence-corrected chi connectivity index (χ2v) is 9.18. The Kier molecular flexibility index (Phi) is 5.10. The van der Waals surface area contributed by atoms with Gasteiger partial charge in [0.25, 0.3) is 0 Å². The highest BCUT2D eigenvalue weighted by Crippen LogP contribution is 2.60. The van der Waals surface area contributed by atoms with Crippen molar-refractivity contribution >= 4 is 11.9 Å². The predicted molar refractivity (Wildman–Crippen MR) is 113 cm³/mol. The molecule has 3 saturated carbocycles. The summed E-state index contributed by atoms with van der Waals surface area (Å²) in [7, 11) is 0. The van der Waals surface area contributed by atoms with E-state index >= 15 is 0 Å². The minimum absolute atomic E-state index is 0.275. The third-order valence-corrected chi connectivity index (χ3v) is 7.61. The topological polar surface area (TPSA) is 52.6 Å². The highest BCUT2D eigenvalue weighted by Gasteiger charge is 2.62. The van der Waals surface area contributed by atoms with Gasteiger partial charge in [0, 0.05) is 11.8 Å². The summed E-state index contributed by atoms with van der Waals surface area (Å²) in [4.78, 5) is 25.7. The maximum atomic E-state index is 12.9. The molecule has 0 aromatic heterocycles. The quantitative estimate of drug-likeness (QED) is 0.662. The Bertz CT molecular complexity index is 909. The zero-order valence-electron chi connectivity index (χ0n) is 17.3. The lowest BCUT2D eigenvalue weighted by atomic mass is 9.64. The van der Waals surface area contributed by atoms with Crippen molar-refractivity contribution in [3.05, 3.63) is 71.8 Å². The fourth-order valence-electron chi connectivity index (χ4n) is 6.43. The van der Waals surface area contributed by atoms with Crippen molar-refractivity contribution in [1.29, 1.82) is 0 Å². The molecule has 7 atom stereocenters. The van der Waals surface area contributed by atoms with E-state index in [0.717, 1.165) is 6.42 Å². The number of benzene rings is 2. The van der Waals surface area contributed by atoms with E-state index in [4.69, 9.17) is 9.47 Å². The van der Waals surface area contributed by atoms with Gasteiger partial charge in [0.05, 0.1) is 11.1 Å². The zero-order valence-corrected chi connectivity index (χ0v) is 17.3. The average molecular weight is 405 g/mol. The highest BCUT2D eigenvalue weighted by atomic mass is 16.6. The molecule has 0 spiro atoms. The summed E-state index contributed by atoms with van der Waals surface area (Å²) in [5.41, 5.74) is 1.09. The molecular formula is C26H28O4. The minimum atomic E-state index is -0.364. The molecule has 0 saturated heterocycles. The molecule has 0 N–H and O–H groups in total. The standard InChI is InChI=1S/C26H28O4/c1-16-9-8-14-19-20-15-21(22(16)19)24(30-26(28)18-12-6-3-7-13-18)23(20)29-25(27)17-10-4-2-5-11-17/h2-7,10-13,16,19-24H,8-9,14-15H2,1H3/t16-,19?,20-,21+,22?,23?,24?/m0/s1. The van der Waals surface area contributed by atoms with Gasteiger partial charge in [-0.25, -0.2) is 9.59 Å². The molecule has 4 heteroatoms. The van der Waals surface area contributed by atoms with Crippen LogP contribution in [-0.2, 0) is 9.47 Å². The molecule has 30 heavy (non-hydrogen) atoms. The molecular weight excluding hydrogens is 376 g/mol. The second-order valence-electron chi connectivity index (χ2n) is 9.18. The Hall–Kier alpha value is -2.62. The number of fused-ring (bicyclic) bond motifs is 5. The van der Waals surface area contributed by atoms with Crippen LogP contribution in [0.5, 0.6) is 0 Å². The molecule has 5 rings (SSSR count). The van der Waals surface area contributed by atoms with E-state index < -0.39 is 0 Å². The molecule has 3 aliphatic carbocycles. The van der Waals surface area contributed by atoms with Crippen molar-refractivity contribution in [2.45, 2.75) is 44.8 Å². The van der Waals surface area contributed by atoms with Crippen LogP contribution in [0.25, 0.3) is 0 Å². The first-order valence-electron chi connectivity index (χ1n) is 11.2. The van der Waals surface area contributed by atoms with Crippen molar-refractivity contribution < 1.29 is 19.1 Å². The smallest absolute Gasteiger partial charge is 0.338 e. The molecule has 156 valence electrons. The van der Waals surface area contributed by atoms with Crippen molar-refractivity contribution in [1.82, 2.24) is 0 Å². The number of carbonyl (C=O) groups is 2. The third-order valence-electron chi connectivity index (χ3n) is 7.61. The van der Waals surface area contributed by atoms with E-state index in [0.29, 0.717) is 28.9 Å². The van der Waals surface area contributed by atoms with Gasteiger partial charge in [-0.15, -0.1) is 0 Å². The Morgan fingerprint density at radius 2 is 1.27 bits per heavy atom. The third kappa shape index (κ3) is 3.32. The van der Waals surface area contributed by atoms with Crippen molar-refractivity contribution in [3.8, 4) is 0 Å². The fraction of sp³-hybridized carbons (Fsp3) is 0.462. The molecule has 2 aromatic carbocycles. The van der Waals surface area contributed by atoms with Crippen LogP contribution in [0.2, 0.25) is 0 Å². The Morgan fingerprint density at radius 1 is 0.733 bits per heavy atom. The van der Waals surface area contributed by atoms with E-state index in [1.165, 1.54) is 19.3 Å². The molecule has 2 aromatic rings. The van der Waals surface area contributed by atoms with Gasteiger partial charge in [0.2, 0.25) is 0 Å². The summed E-state index contributed by atoms with van der Waals surface area (Å²) in [6, 6.07) is 18.2. The van der Waals surface area contributed by atoms with Gasteiger partial charge in [-0.1, -0.05) is 56.2 Å². The first kappa shape index (κ1) is 19.3. The summed E-state index contributed by atoms with van der Waals surface area (Å²) < 4.78 is 12.1. The van der Waals surface area contributed by atoms with Crippen LogP contribution < -0.4 is 0 Å². The first-order valence-corrected chi connectivity index (χ1v) is 11.2. The highest BCUT2D eigenvalue weighted by molar-refractivity contribution is 5.90. The summed E-state index contributed by atoms with van der Waals surface area (Å²) in [5, 5.41) is 0. The maximum absolute atomic E-state index is 12.9. The van der Waals surface area contributed by atoms with Crippen molar-refractivity contribution in [2.75, 3.05) is 0 Å². The lowest BCUT2D eigenvalue weighted by molar-refractivity contribution is -0.0954. The molecule has 2 bridgehead atoms. The number of esters is 2. The lowest BCUT2D eigenvalue weighted by Crippen LogP contribution is -2.49. The number of hydrogen-bond acceptors (Lipinski definition) is 4. The summed E-state index contributed by atoms with van der Waals surface area (Å²) in [6.45, 7) is 2.33. The largest absolute Gasteiger partial charge is 0.455 e. The van der Waals surface area contributed by atoms with Gasteiger partial charge in [0.1, 0.15) is 12.2 Å². The van der Waals surface area contributed by atoms with E-state index in [1.807, 2.05) is 36.4 Å². The van der Waals surface area contributed by atoms with Crippen LogP contribution >= 0.6 is 0 Å². The number of carbonyl (C=O) groups excluding carboxylic acids is 2. The minimum Gasteiger partial charge on any atom is -0.455 e. The van der Waals surface area contributed by atoms with Crippen LogP contribution in [0.15, 0.2) is 60.7 Å². The Labute approximate surface area is 177 Å².